The second-order valence-corrected chi connectivity index (χ2v) is 19.2. The SMILES string of the molecule is C=C(C)[C@@H]1CC[C@]2(C(=O)NCCC(=O)NCCCCCCCC(=O)OC)CC[C@]3(C)[C@H](CCC4[C@@]5(C)CC[C@H](OC(C)=O)C(C)(C)[C@@H]5CC[C@]43C)[C@@H]12. The first-order chi connectivity index (χ1) is 24.5. The van der Waals surface area contributed by atoms with Crippen LogP contribution in [0.15, 0.2) is 12.2 Å². The van der Waals surface area contributed by atoms with Gasteiger partial charge in [-0.15, -0.1) is 0 Å². The van der Waals surface area contributed by atoms with E-state index in [4.69, 9.17) is 9.47 Å². The fourth-order valence-corrected chi connectivity index (χ4v) is 13.7. The highest BCUT2D eigenvalue weighted by Gasteiger charge is 2.72. The van der Waals surface area contributed by atoms with Gasteiger partial charge < -0.3 is 20.1 Å². The van der Waals surface area contributed by atoms with E-state index in [0.29, 0.717) is 49.6 Å². The summed E-state index contributed by atoms with van der Waals surface area (Å²) in [6.07, 6.45) is 16.2. The first-order valence-corrected chi connectivity index (χ1v) is 20.9. The number of fused-ring (bicyclic) bond motifs is 7. The minimum atomic E-state index is -0.396. The van der Waals surface area contributed by atoms with Crippen LogP contribution in [0.1, 0.15) is 158 Å². The molecule has 52 heavy (non-hydrogen) atoms. The van der Waals surface area contributed by atoms with Gasteiger partial charge in [-0.2, -0.15) is 0 Å². The maximum absolute atomic E-state index is 14.4. The van der Waals surface area contributed by atoms with E-state index in [1.165, 1.54) is 25.5 Å². The van der Waals surface area contributed by atoms with Crippen LogP contribution in [-0.2, 0) is 28.7 Å². The molecule has 0 heterocycles. The summed E-state index contributed by atoms with van der Waals surface area (Å²) in [5.74, 6) is 2.05. The molecule has 0 saturated heterocycles. The number of esters is 2. The Morgan fingerprint density at radius 2 is 1.42 bits per heavy atom. The van der Waals surface area contributed by atoms with Crippen molar-refractivity contribution in [3.05, 3.63) is 12.2 Å². The normalized spacial score (nSPS) is 38.8. The van der Waals surface area contributed by atoms with E-state index in [0.717, 1.165) is 83.5 Å². The van der Waals surface area contributed by atoms with Crippen LogP contribution in [-0.4, -0.2) is 50.1 Å². The molecule has 5 saturated carbocycles. The van der Waals surface area contributed by atoms with E-state index < -0.39 is 5.41 Å². The van der Waals surface area contributed by atoms with E-state index in [-0.39, 0.29) is 57.4 Å². The van der Waals surface area contributed by atoms with Crippen LogP contribution in [0.3, 0.4) is 0 Å². The van der Waals surface area contributed by atoms with E-state index in [1.54, 1.807) is 6.92 Å². The second kappa shape index (κ2) is 15.8. The third-order valence-electron chi connectivity index (χ3n) is 16.5. The minimum Gasteiger partial charge on any atom is -0.469 e. The Balaban J connectivity index is 1.22. The Hall–Kier alpha value is -2.38. The summed E-state index contributed by atoms with van der Waals surface area (Å²) in [5, 5.41) is 6.32. The van der Waals surface area contributed by atoms with Crippen molar-refractivity contribution in [3.8, 4) is 0 Å². The Bertz CT molecular complexity index is 1360. The van der Waals surface area contributed by atoms with Crippen molar-refractivity contribution in [1.82, 2.24) is 10.6 Å². The van der Waals surface area contributed by atoms with Crippen LogP contribution in [0.25, 0.3) is 0 Å². The van der Waals surface area contributed by atoms with Crippen LogP contribution >= 0.6 is 0 Å². The molecule has 1 unspecified atom stereocenters. The molecule has 0 aromatic rings. The molecule has 0 bridgehead atoms. The molecule has 2 amide bonds. The smallest absolute Gasteiger partial charge is 0.305 e. The number of ether oxygens (including phenoxy) is 2. The Kier molecular flexibility index (Phi) is 12.4. The molecule has 8 nitrogen and oxygen atoms in total. The summed E-state index contributed by atoms with van der Waals surface area (Å²) < 4.78 is 10.6. The fourth-order valence-electron chi connectivity index (χ4n) is 13.7. The predicted octanol–water partition coefficient (Wildman–Crippen LogP) is 8.71. The van der Waals surface area contributed by atoms with Gasteiger partial charge in [-0.25, -0.2) is 0 Å². The third-order valence-corrected chi connectivity index (χ3v) is 16.5. The molecule has 0 spiro atoms. The number of methoxy groups -OCH3 is 1. The number of carbonyl (C=O) groups excluding carboxylic acids is 4. The summed E-state index contributed by atoms with van der Waals surface area (Å²) in [5.41, 5.74) is 1.28. The van der Waals surface area contributed by atoms with Gasteiger partial charge in [-0.3, -0.25) is 19.2 Å². The molecule has 0 aromatic heterocycles. The Morgan fingerprint density at radius 1 is 0.712 bits per heavy atom. The Labute approximate surface area is 315 Å². The molecule has 5 rings (SSSR count). The van der Waals surface area contributed by atoms with Crippen LogP contribution in [0.5, 0.6) is 0 Å². The summed E-state index contributed by atoms with van der Waals surface area (Å²) in [4.78, 5) is 50.4. The number of amides is 2. The van der Waals surface area contributed by atoms with Crippen molar-refractivity contribution in [1.29, 1.82) is 0 Å². The van der Waals surface area contributed by atoms with Crippen molar-refractivity contribution in [2.75, 3.05) is 20.2 Å². The monoisotopic (exact) mass is 725 g/mol. The maximum Gasteiger partial charge on any atom is 0.305 e. The fraction of sp³-hybridized carbons (Fsp3) is 0.864. The number of hydrogen-bond acceptors (Lipinski definition) is 6. The molecule has 5 aliphatic rings. The predicted molar refractivity (Wildman–Crippen MR) is 205 cm³/mol. The standard InChI is InChI=1S/C44H72N2O6/c1-29(2)31-18-24-44(39(50)46-28-21-36(48)45-27-14-12-10-11-13-15-37(49)51-9)26-25-42(7)32(38(31)44)16-17-34-41(6)22-20-35(52-30(3)47)40(4,5)33(41)19-23-43(34,42)8/h31-35,38H,1,10-28H2,2-9H3,(H,45,48)(H,46,50)/t31-,32+,33-,34?,35-,38+,41-,42+,43+,44-/m0/s1. The quantitative estimate of drug-likeness (QED) is 0.105. The van der Waals surface area contributed by atoms with Crippen LogP contribution in [0.2, 0.25) is 0 Å². The topological polar surface area (TPSA) is 111 Å². The molecule has 0 radical (unpaired) electrons. The number of hydrogen-bond donors (Lipinski definition) is 2. The largest absolute Gasteiger partial charge is 0.469 e. The van der Waals surface area contributed by atoms with Crippen molar-refractivity contribution in [2.45, 2.75) is 164 Å². The van der Waals surface area contributed by atoms with Crippen molar-refractivity contribution in [2.24, 2.45) is 56.7 Å². The van der Waals surface area contributed by atoms with E-state index >= 15 is 0 Å². The number of unbranched alkanes of at least 4 members (excludes halogenated alkanes) is 4. The molecule has 5 fully saturated rings. The van der Waals surface area contributed by atoms with Gasteiger partial charge >= 0.3 is 11.9 Å². The first-order valence-electron chi connectivity index (χ1n) is 20.9. The molecule has 2 N–H and O–H groups in total. The Morgan fingerprint density at radius 3 is 2.12 bits per heavy atom. The number of allylic oxidation sites excluding steroid dienone is 1. The molecule has 0 aliphatic heterocycles. The van der Waals surface area contributed by atoms with Crippen molar-refractivity contribution < 1.29 is 28.7 Å². The number of nitrogens with one attached hydrogen (secondary N) is 2. The zero-order valence-electron chi connectivity index (χ0n) is 34.1. The third kappa shape index (κ3) is 7.23. The van der Waals surface area contributed by atoms with Crippen molar-refractivity contribution >= 4 is 23.8 Å². The van der Waals surface area contributed by atoms with E-state index in [2.05, 4.69) is 58.8 Å². The lowest BCUT2D eigenvalue weighted by atomic mass is 9.32. The summed E-state index contributed by atoms with van der Waals surface area (Å²) in [6.45, 7) is 21.8. The zero-order chi connectivity index (χ0) is 38.1. The lowest BCUT2D eigenvalue weighted by Gasteiger charge is -2.72. The molecule has 0 aromatic carbocycles. The molecule has 10 atom stereocenters. The molecular formula is C44H72N2O6. The average Bonchev–Trinajstić information content (AvgIpc) is 3.48. The van der Waals surface area contributed by atoms with Crippen LogP contribution in [0.4, 0.5) is 0 Å². The lowest BCUT2D eigenvalue weighted by molar-refractivity contribution is -0.248. The maximum atomic E-state index is 14.4. The van der Waals surface area contributed by atoms with Gasteiger partial charge in [0.05, 0.1) is 12.5 Å². The highest BCUT2D eigenvalue weighted by Crippen LogP contribution is 2.77. The van der Waals surface area contributed by atoms with Gasteiger partial charge in [0, 0.05) is 38.3 Å². The summed E-state index contributed by atoms with van der Waals surface area (Å²) in [7, 11) is 1.42. The zero-order valence-corrected chi connectivity index (χ0v) is 34.1. The van der Waals surface area contributed by atoms with Gasteiger partial charge in [0.1, 0.15) is 6.10 Å². The van der Waals surface area contributed by atoms with E-state index in [9.17, 15) is 19.2 Å². The van der Waals surface area contributed by atoms with E-state index in [1.807, 2.05) is 0 Å². The summed E-state index contributed by atoms with van der Waals surface area (Å²) in [6, 6.07) is 0. The second-order valence-electron chi connectivity index (χ2n) is 19.2. The van der Waals surface area contributed by atoms with Gasteiger partial charge in [0.25, 0.3) is 0 Å². The summed E-state index contributed by atoms with van der Waals surface area (Å²) >= 11 is 0. The lowest BCUT2D eigenvalue weighted by Crippen LogP contribution is -2.67. The van der Waals surface area contributed by atoms with Crippen LogP contribution in [0, 0.1) is 56.7 Å². The highest BCUT2D eigenvalue weighted by atomic mass is 16.5. The molecular weight excluding hydrogens is 652 g/mol. The first kappa shape index (κ1) is 40.8. The average molecular weight is 725 g/mol. The molecule has 5 aliphatic carbocycles. The number of carbonyl (C=O) groups is 4. The van der Waals surface area contributed by atoms with Gasteiger partial charge in [0.2, 0.25) is 11.8 Å². The highest BCUT2D eigenvalue weighted by molar-refractivity contribution is 5.84. The van der Waals surface area contributed by atoms with Crippen LogP contribution < -0.4 is 10.6 Å². The minimum absolute atomic E-state index is 0.0112. The molecule has 8 heteroatoms. The van der Waals surface area contributed by atoms with Gasteiger partial charge in [0.15, 0.2) is 0 Å². The number of rotatable bonds is 14. The molecule has 294 valence electrons. The van der Waals surface area contributed by atoms with Crippen molar-refractivity contribution in [3.63, 3.8) is 0 Å². The van der Waals surface area contributed by atoms with Gasteiger partial charge in [-0.05, 0) is 130 Å². The van der Waals surface area contributed by atoms with Gasteiger partial charge in [-0.1, -0.05) is 66.0 Å².